The van der Waals surface area contributed by atoms with Crippen molar-refractivity contribution in [1.29, 1.82) is 0 Å². The van der Waals surface area contributed by atoms with Gasteiger partial charge in [-0.2, -0.15) is 0 Å². The summed E-state index contributed by atoms with van der Waals surface area (Å²) < 4.78 is 16.9. The summed E-state index contributed by atoms with van der Waals surface area (Å²) in [6.07, 6.45) is 1.18. The molecule has 7 nitrogen and oxygen atoms in total. The van der Waals surface area contributed by atoms with E-state index >= 15 is 0 Å². The van der Waals surface area contributed by atoms with E-state index in [0.717, 1.165) is 28.1 Å². The number of aromatic nitrogens is 2. The molecule has 0 radical (unpaired) electrons. The van der Waals surface area contributed by atoms with Crippen molar-refractivity contribution in [1.82, 2.24) is 10.1 Å². The maximum absolute atomic E-state index is 10.8. The molecule has 4 aromatic rings. The van der Waals surface area contributed by atoms with Gasteiger partial charge in [0.2, 0.25) is 5.89 Å². The van der Waals surface area contributed by atoms with Crippen LogP contribution in [0.5, 0.6) is 5.75 Å². The van der Waals surface area contributed by atoms with Gasteiger partial charge in [0.05, 0.1) is 22.0 Å². The summed E-state index contributed by atoms with van der Waals surface area (Å²) >= 11 is 12.4. The summed E-state index contributed by atoms with van der Waals surface area (Å²) in [5.74, 6) is 0.801. The van der Waals surface area contributed by atoms with Crippen molar-refractivity contribution in [2.45, 2.75) is 39.5 Å². The molecule has 172 valence electrons. The summed E-state index contributed by atoms with van der Waals surface area (Å²) in [6.45, 7) is 5.52. The van der Waals surface area contributed by atoms with Gasteiger partial charge in [-0.3, -0.25) is 0 Å². The van der Waals surface area contributed by atoms with Crippen LogP contribution in [0.25, 0.3) is 22.4 Å². The van der Waals surface area contributed by atoms with E-state index in [0.29, 0.717) is 45.7 Å². The van der Waals surface area contributed by atoms with Crippen molar-refractivity contribution in [3.8, 4) is 17.2 Å². The summed E-state index contributed by atoms with van der Waals surface area (Å²) in [5.41, 5.74) is 3.64. The van der Waals surface area contributed by atoms with Crippen LogP contribution in [-0.2, 0) is 17.6 Å². The fourth-order valence-electron chi connectivity index (χ4n) is 3.61. The molecule has 0 amide bonds. The maximum Gasteiger partial charge on any atom is 0.341 e. The number of carbonyl (C=O) groups is 1. The maximum atomic E-state index is 10.8. The highest BCUT2D eigenvalue weighted by Gasteiger charge is 2.20. The number of hydrogen-bond acceptors (Lipinski definition) is 6. The van der Waals surface area contributed by atoms with Crippen molar-refractivity contribution >= 4 is 40.1 Å². The van der Waals surface area contributed by atoms with Crippen molar-refractivity contribution in [2.75, 3.05) is 6.61 Å². The minimum atomic E-state index is -1.04. The first-order valence-corrected chi connectivity index (χ1v) is 11.2. The Balaban J connectivity index is 1.59. The highest BCUT2D eigenvalue weighted by molar-refractivity contribution is 6.36. The van der Waals surface area contributed by atoms with E-state index in [2.05, 4.69) is 5.16 Å². The van der Waals surface area contributed by atoms with E-state index in [9.17, 15) is 4.79 Å². The largest absolute Gasteiger partial charge is 0.481 e. The van der Waals surface area contributed by atoms with E-state index in [1.165, 1.54) is 0 Å². The van der Waals surface area contributed by atoms with Gasteiger partial charge in [-0.05, 0) is 49.6 Å². The Bertz CT molecular complexity index is 1330. The standard InChI is InChI=1S/C24H22Cl2N2O5/c1-12(2)23-19(27-24(32-23)15-5-4-14(25)9-17(15)26)7-6-18-16-8-13(3)20(31-11-22(29)30)10-21(16)33-28-18/h4-5,8-10,12H,6-7,11H2,1-3H3,(H,29,30). The Morgan fingerprint density at radius 3 is 2.61 bits per heavy atom. The van der Waals surface area contributed by atoms with Crippen molar-refractivity contribution in [2.24, 2.45) is 0 Å². The average Bonchev–Trinajstić information content (AvgIpc) is 3.34. The molecule has 0 fully saturated rings. The van der Waals surface area contributed by atoms with E-state index in [-0.39, 0.29) is 5.92 Å². The molecule has 2 heterocycles. The number of ether oxygens (including phenoxy) is 1. The van der Waals surface area contributed by atoms with Gasteiger partial charge in [0, 0.05) is 22.4 Å². The zero-order chi connectivity index (χ0) is 23.7. The summed E-state index contributed by atoms with van der Waals surface area (Å²) in [5, 5.41) is 14.9. The molecule has 0 aliphatic heterocycles. The zero-order valence-electron chi connectivity index (χ0n) is 18.3. The number of aliphatic carboxylic acids is 1. The number of carboxylic acids is 1. The molecule has 0 unspecified atom stereocenters. The van der Waals surface area contributed by atoms with Gasteiger partial charge in [-0.15, -0.1) is 0 Å². The predicted molar refractivity (Wildman–Crippen MR) is 125 cm³/mol. The zero-order valence-corrected chi connectivity index (χ0v) is 19.8. The minimum absolute atomic E-state index is 0.137. The monoisotopic (exact) mass is 488 g/mol. The quantitative estimate of drug-likeness (QED) is 0.303. The Labute approximate surface area is 200 Å². The molecule has 2 aromatic heterocycles. The van der Waals surface area contributed by atoms with Gasteiger partial charge in [0.25, 0.3) is 0 Å². The van der Waals surface area contributed by atoms with E-state index in [1.54, 1.807) is 24.3 Å². The minimum Gasteiger partial charge on any atom is -0.481 e. The molecule has 0 saturated carbocycles. The normalized spacial score (nSPS) is 11.5. The van der Waals surface area contributed by atoms with E-state index < -0.39 is 12.6 Å². The van der Waals surface area contributed by atoms with E-state index in [1.807, 2.05) is 26.8 Å². The Hall–Kier alpha value is -3.03. The predicted octanol–water partition coefficient (Wildman–Crippen LogP) is 6.47. The fraction of sp³-hybridized carbons (Fsp3) is 0.292. The van der Waals surface area contributed by atoms with Crippen LogP contribution in [0.15, 0.2) is 39.3 Å². The third-order valence-electron chi connectivity index (χ3n) is 5.21. The van der Waals surface area contributed by atoms with Crippen molar-refractivity contribution in [3.63, 3.8) is 0 Å². The summed E-state index contributed by atoms with van der Waals surface area (Å²) in [6, 6.07) is 8.77. The summed E-state index contributed by atoms with van der Waals surface area (Å²) in [4.78, 5) is 15.5. The molecular formula is C24H22Cl2N2O5. The second-order valence-electron chi connectivity index (χ2n) is 8.03. The van der Waals surface area contributed by atoms with Gasteiger partial charge in [0.1, 0.15) is 11.5 Å². The number of rotatable bonds is 8. The Morgan fingerprint density at radius 1 is 1.15 bits per heavy atom. The number of fused-ring (bicyclic) bond motifs is 1. The number of nitrogens with zero attached hydrogens (tertiary/aromatic N) is 2. The molecule has 0 bridgehead atoms. The first-order valence-electron chi connectivity index (χ1n) is 10.4. The molecule has 2 aromatic carbocycles. The molecule has 33 heavy (non-hydrogen) atoms. The number of aryl methyl sites for hydroxylation is 3. The Morgan fingerprint density at radius 2 is 1.91 bits per heavy atom. The average molecular weight is 489 g/mol. The molecule has 9 heteroatoms. The highest BCUT2D eigenvalue weighted by atomic mass is 35.5. The van der Waals surface area contributed by atoms with Crippen LogP contribution in [0.1, 0.15) is 42.5 Å². The lowest BCUT2D eigenvalue weighted by Gasteiger charge is -2.06. The van der Waals surface area contributed by atoms with Gasteiger partial charge in [-0.25, -0.2) is 9.78 Å². The van der Waals surface area contributed by atoms with Crippen LogP contribution in [-0.4, -0.2) is 27.8 Å². The van der Waals surface area contributed by atoms with Crippen molar-refractivity contribution in [3.05, 3.63) is 63.1 Å². The molecule has 0 spiro atoms. The number of carboxylic acid groups (broad SMARTS) is 1. The third kappa shape index (κ3) is 4.99. The topological polar surface area (TPSA) is 98.6 Å². The number of hydrogen-bond donors (Lipinski definition) is 1. The van der Waals surface area contributed by atoms with Crippen molar-refractivity contribution < 1.29 is 23.6 Å². The number of halogens is 2. The van der Waals surface area contributed by atoms with Gasteiger partial charge in [-0.1, -0.05) is 42.2 Å². The molecule has 0 atom stereocenters. The van der Waals surface area contributed by atoms with Crippen LogP contribution in [0.3, 0.4) is 0 Å². The molecular weight excluding hydrogens is 467 g/mol. The SMILES string of the molecule is Cc1cc2c(CCc3nc(-c4ccc(Cl)cc4Cl)oc3C(C)C)noc2cc1OCC(=O)O. The summed E-state index contributed by atoms with van der Waals surface area (Å²) in [7, 11) is 0. The van der Waals surface area contributed by atoms with Gasteiger partial charge >= 0.3 is 5.97 Å². The lowest BCUT2D eigenvalue weighted by molar-refractivity contribution is -0.139. The third-order valence-corrected chi connectivity index (χ3v) is 5.75. The molecule has 0 aliphatic rings. The molecule has 1 N–H and O–H groups in total. The van der Waals surface area contributed by atoms with Gasteiger partial charge in [0.15, 0.2) is 12.2 Å². The second-order valence-corrected chi connectivity index (χ2v) is 8.88. The molecule has 4 rings (SSSR count). The number of oxazole rings is 1. The molecule has 0 aliphatic carbocycles. The lowest BCUT2D eigenvalue weighted by Crippen LogP contribution is -2.10. The second kappa shape index (κ2) is 9.45. The number of benzene rings is 2. The van der Waals surface area contributed by atoms with Crippen LogP contribution >= 0.6 is 23.2 Å². The van der Waals surface area contributed by atoms with E-state index in [4.69, 9.17) is 47.0 Å². The fourth-order valence-corrected chi connectivity index (χ4v) is 4.10. The Kier molecular flexibility index (Phi) is 6.63. The van der Waals surface area contributed by atoms with Crippen LogP contribution in [0, 0.1) is 6.92 Å². The highest BCUT2D eigenvalue weighted by Crippen LogP contribution is 2.34. The smallest absolute Gasteiger partial charge is 0.341 e. The van der Waals surface area contributed by atoms with Crippen LogP contribution < -0.4 is 4.74 Å². The van der Waals surface area contributed by atoms with Gasteiger partial charge < -0.3 is 18.8 Å². The van der Waals surface area contributed by atoms with Crippen LogP contribution in [0.2, 0.25) is 10.0 Å². The molecule has 0 saturated heterocycles. The first-order chi connectivity index (χ1) is 15.7. The van der Waals surface area contributed by atoms with Crippen LogP contribution in [0.4, 0.5) is 0 Å². The first kappa shape index (κ1) is 23.1. The lowest BCUT2D eigenvalue weighted by atomic mass is 10.0.